The van der Waals surface area contributed by atoms with E-state index in [9.17, 15) is 22.8 Å². The van der Waals surface area contributed by atoms with E-state index in [1.165, 1.54) is 6.07 Å². The Morgan fingerprint density at radius 2 is 2.00 bits per heavy atom. The van der Waals surface area contributed by atoms with Crippen molar-refractivity contribution in [3.8, 4) is 0 Å². The molecule has 7 heteroatoms. The second-order valence-corrected chi connectivity index (χ2v) is 3.34. The first-order chi connectivity index (χ1) is 8.34. The molecule has 0 aliphatic rings. The minimum absolute atomic E-state index is 0.172. The van der Waals surface area contributed by atoms with Crippen LogP contribution in [0.15, 0.2) is 24.3 Å². The third kappa shape index (κ3) is 3.76. The molecule has 0 heterocycles. The van der Waals surface area contributed by atoms with Crippen LogP contribution in [0.5, 0.6) is 0 Å². The molecule has 0 unspecified atom stereocenters. The van der Waals surface area contributed by atoms with Crippen LogP contribution in [0.4, 0.5) is 13.2 Å². The van der Waals surface area contributed by atoms with Gasteiger partial charge in [0.2, 0.25) is 0 Å². The van der Waals surface area contributed by atoms with Gasteiger partial charge in [0.1, 0.15) is 6.54 Å². The normalized spacial score (nSPS) is 10.9. The zero-order valence-corrected chi connectivity index (χ0v) is 9.38. The van der Waals surface area contributed by atoms with Crippen LogP contribution >= 0.6 is 0 Å². The number of hydrogen-bond acceptors (Lipinski definition) is 3. The summed E-state index contributed by atoms with van der Waals surface area (Å²) in [6, 6.07) is 3.92. The highest BCUT2D eigenvalue weighted by Gasteiger charge is 2.30. The lowest BCUT2D eigenvalue weighted by molar-refractivity contribution is -0.139. The Morgan fingerprint density at radius 3 is 2.56 bits per heavy atom. The van der Waals surface area contributed by atoms with Crippen molar-refractivity contribution in [1.82, 2.24) is 5.32 Å². The summed E-state index contributed by atoms with van der Waals surface area (Å²) in [5, 5.41) is 2.15. The number of hydrogen-bond donors (Lipinski definition) is 1. The van der Waals surface area contributed by atoms with E-state index >= 15 is 0 Å². The number of halogens is 3. The van der Waals surface area contributed by atoms with E-state index < -0.39 is 30.2 Å². The number of carbonyl (C=O) groups is 2. The molecular formula is C11H10F3NO3. The minimum atomic E-state index is -4.52. The molecule has 0 aliphatic heterocycles. The highest BCUT2D eigenvalue weighted by Crippen LogP contribution is 2.29. The standard InChI is InChI=1S/C11H10F3NO3/c1-18-9(16)6-15-10(17)7-3-2-4-8(5-7)11(12,13)14/h2-5H,6H2,1H3,(H,15,17). The zero-order chi connectivity index (χ0) is 13.8. The molecular weight excluding hydrogens is 251 g/mol. The summed E-state index contributed by atoms with van der Waals surface area (Å²) < 4.78 is 41.5. The predicted molar refractivity (Wildman–Crippen MR) is 55.8 cm³/mol. The number of alkyl halides is 3. The van der Waals surface area contributed by atoms with Gasteiger partial charge in [0.05, 0.1) is 12.7 Å². The van der Waals surface area contributed by atoms with Gasteiger partial charge in [-0.1, -0.05) is 6.07 Å². The number of amides is 1. The van der Waals surface area contributed by atoms with Crippen LogP contribution in [0, 0.1) is 0 Å². The Hall–Kier alpha value is -2.05. The van der Waals surface area contributed by atoms with Crippen molar-refractivity contribution in [3.63, 3.8) is 0 Å². The van der Waals surface area contributed by atoms with Crippen molar-refractivity contribution >= 4 is 11.9 Å². The van der Waals surface area contributed by atoms with Crippen molar-refractivity contribution < 1.29 is 27.5 Å². The molecule has 0 saturated heterocycles. The van der Waals surface area contributed by atoms with Crippen LogP contribution in [0.25, 0.3) is 0 Å². The molecule has 18 heavy (non-hydrogen) atoms. The van der Waals surface area contributed by atoms with Crippen molar-refractivity contribution in [3.05, 3.63) is 35.4 Å². The quantitative estimate of drug-likeness (QED) is 0.841. The molecule has 1 amide bonds. The molecule has 0 spiro atoms. The number of methoxy groups -OCH3 is 1. The number of benzene rings is 1. The molecule has 0 aromatic heterocycles. The van der Waals surface area contributed by atoms with Gasteiger partial charge in [-0.2, -0.15) is 13.2 Å². The van der Waals surface area contributed by atoms with Crippen molar-refractivity contribution in [2.45, 2.75) is 6.18 Å². The van der Waals surface area contributed by atoms with Crippen LogP contribution in [0.1, 0.15) is 15.9 Å². The molecule has 1 rings (SSSR count). The zero-order valence-electron chi connectivity index (χ0n) is 9.38. The summed E-state index contributed by atoms with van der Waals surface area (Å²) in [4.78, 5) is 22.2. The molecule has 0 bridgehead atoms. The molecule has 1 N–H and O–H groups in total. The first-order valence-corrected chi connectivity index (χ1v) is 4.87. The van der Waals surface area contributed by atoms with Gasteiger partial charge in [0, 0.05) is 5.56 Å². The molecule has 4 nitrogen and oxygen atoms in total. The van der Waals surface area contributed by atoms with Gasteiger partial charge in [-0.05, 0) is 18.2 Å². The number of esters is 1. The number of nitrogens with one attached hydrogen (secondary N) is 1. The fourth-order valence-electron chi connectivity index (χ4n) is 1.16. The Kier molecular flexibility index (Phi) is 4.30. The van der Waals surface area contributed by atoms with E-state index in [-0.39, 0.29) is 5.56 Å². The molecule has 0 atom stereocenters. The molecule has 1 aromatic carbocycles. The van der Waals surface area contributed by atoms with Crippen LogP contribution in [0.3, 0.4) is 0 Å². The Bertz CT molecular complexity index is 457. The van der Waals surface area contributed by atoms with Gasteiger partial charge in [0.25, 0.3) is 5.91 Å². The Labute approximate surface area is 101 Å². The second-order valence-electron chi connectivity index (χ2n) is 3.34. The average molecular weight is 261 g/mol. The highest BCUT2D eigenvalue weighted by atomic mass is 19.4. The van der Waals surface area contributed by atoms with E-state index in [1.807, 2.05) is 0 Å². The average Bonchev–Trinajstić information content (AvgIpc) is 2.34. The fourth-order valence-corrected chi connectivity index (χ4v) is 1.16. The van der Waals surface area contributed by atoms with E-state index in [0.29, 0.717) is 6.07 Å². The van der Waals surface area contributed by atoms with Gasteiger partial charge >= 0.3 is 12.1 Å². The Morgan fingerprint density at radius 1 is 1.33 bits per heavy atom. The van der Waals surface area contributed by atoms with E-state index in [4.69, 9.17) is 0 Å². The van der Waals surface area contributed by atoms with Crippen LogP contribution in [0.2, 0.25) is 0 Å². The maximum Gasteiger partial charge on any atom is 0.416 e. The largest absolute Gasteiger partial charge is 0.468 e. The summed E-state index contributed by atoms with van der Waals surface area (Å²) in [6.07, 6.45) is -4.52. The van der Waals surface area contributed by atoms with Gasteiger partial charge in [-0.15, -0.1) is 0 Å². The third-order valence-corrected chi connectivity index (χ3v) is 2.07. The molecule has 0 aliphatic carbocycles. The summed E-state index contributed by atoms with van der Waals surface area (Å²) in [5.74, 6) is -1.46. The van der Waals surface area contributed by atoms with E-state index in [0.717, 1.165) is 19.2 Å². The lowest BCUT2D eigenvalue weighted by atomic mass is 10.1. The topological polar surface area (TPSA) is 55.4 Å². The highest BCUT2D eigenvalue weighted by molar-refractivity contribution is 5.96. The van der Waals surface area contributed by atoms with Gasteiger partial charge < -0.3 is 10.1 Å². The van der Waals surface area contributed by atoms with Crippen molar-refractivity contribution in [1.29, 1.82) is 0 Å². The van der Waals surface area contributed by atoms with E-state index in [1.54, 1.807) is 0 Å². The summed E-state index contributed by atoms with van der Waals surface area (Å²) >= 11 is 0. The Balaban J connectivity index is 2.78. The summed E-state index contributed by atoms with van der Waals surface area (Å²) in [5.41, 5.74) is -1.10. The molecule has 0 saturated carbocycles. The van der Waals surface area contributed by atoms with E-state index in [2.05, 4.69) is 10.1 Å². The number of carbonyl (C=O) groups excluding carboxylic acids is 2. The SMILES string of the molecule is COC(=O)CNC(=O)c1cccc(C(F)(F)F)c1. The maximum absolute atomic E-state index is 12.4. The van der Waals surface area contributed by atoms with Gasteiger partial charge in [-0.25, -0.2) is 0 Å². The fraction of sp³-hybridized carbons (Fsp3) is 0.273. The smallest absolute Gasteiger partial charge is 0.416 e. The third-order valence-electron chi connectivity index (χ3n) is 2.07. The number of rotatable bonds is 3. The molecule has 0 radical (unpaired) electrons. The lowest BCUT2D eigenvalue weighted by Crippen LogP contribution is -2.30. The second kappa shape index (κ2) is 5.52. The minimum Gasteiger partial charge on any atom is -0.468 e. The van der Waals surface area contributed by atoms with Crippen LogP contribution in [-0.2, 0) is 15.7 Å². The van der Waals surface area contributed by atoms with Gasteiger partial charge in [-0.3, -0.25) is 9.59 Å². The summed E-state index contributed by atoms with van der Waals surface area (Å²) in [6.45, 7) is -0.397. The molecule has 1 aromatic rings. The first-order valence-electron chi connectivity index (χ1n) is 4.87. The van der Waals surface area contributed by atoms with Crippen LogP contribution in [-0.4, -0.2) is 25.5 Å². The summed E-state index contributed by atoms with van der Waals surface area (Å²) in [7, 11) is 1.14. The first kappa shape index (κ1) is 14.0. The number of ether oxygens (including phenoxy) is 1. The van der Waals surface area contributed by atoms with Crippen molar-refractivity contribution in [2.24, 2.45) is 0 Å². The van der Waals surface area contributed by atoms with Gasteiger partial charge in [0.15, 0.2) is 0 Å². The lowest BCUT2D eigenvalue weighted by Gasteiger charge is -2.08. The molecule has 0 fully saturated rings. The molecule has 98 valence electrons. The maximum atomic E-state index is 12.4. The van der Waals surface area contributed by atoms with Crippen LogP contribution < -0.4 is 5.32 Å². The predicted octanol–water partition coefficient (Wildman–Crippen LogP) is 1.61. The van der Waals surface area contributed by atoms with Crippen molar-refractivity contribution in [2.75, 3.05) is 13.7 Å². The monoisotopic (exact) mass is 261 g/mol.